The van der Waals surface area contributed by atoms with Crippen molar-refractivity contribution in [1.29, 1.82) is 0 Å². The molecule has 0 saturated carbocycles. The topological polar surface area (TPSA) is 66.2 Å². The number of phenols is 2. The third-order valence-corrected chi connectivity index (χ3v) is 3.22. The minimum absolute atomic E-state index is 0. The number of pyridine rings is 2. The van der Waals surface area contributed by atoms with Crippen molar-refractivity contribution >= 4 is 47.6 Å². The molecular formula is C18H14InN2O2. The van der Waals surface area contributed by atoms with Crippen molar-refractivity contribution < 1.29 is 10.2 Å². The first kappa shape index (κ1) is 17.1. The predicted molar refractivity (Wildman–Crippen MR) is 92.6 cm³/mol. The van der Waals surface area contributed by atoms with Crippen LogP contribution in [0.15, 0.2) is 73.1 Å². The van der Waals surface area contributed by atoms with Gasteiger partial charge in [0.25, 0.3) is 0 Å². The molecule has 0 aliphatic carbocycles. The summed E-state index contributed by atoms with van der Waals surface area (Å²) in [5, 5.41) is 20.5. The number of phenolic OH excluding ortho intramolecular Hbond substituents is 2. The van der Waals surface area contributed by atoms with Crippen LogP contribution in [0.25, 0.3) is 21.8 Å². The van der Waals surface area contributed by atoms with Crippen molar-refractivity contribution in [2.24, 2.45) is 0 Å². The molecule has 5 heteroatoms. The monoisotopic (exact) mass is 405 g/mol. The van der Waals surface area contributed by atoms with E-state index in [2.05, 4.69) is 9.97 Å². The van der Waals surface area contributed by atoms with Crippen molar-refractivity contribution in [3.63, 3.8) is 0 Å². The zero-order valence-corrected chi connectivity index (χ0v) is 15.6. The molecule has 2 heterocycles. The van der Waals surface area contributed by atoms with Crippen molar-refractivity contribution in [3.05, 3.63) is 73.1 Å². The van der Waals surface area contributed by atoms with E-state index in [0.717, 1.165) is 10.8 Å². The van der Waals surface area contributed by atoms with E-state index in [0.29, 0.717) is 11.0 Å². The maximum absolute atomic E-state index is 9.31. The molecule has 3 radical (unpaired) electrons. The Morgan fingerprint density at radius 1 is 0.565 bits per heavy atom. The van der Waals surface area contributed by atoms with Gasteiger partial charge in [0.05, 0.1) is 0 Å². The summed E-state index contributed by atoms with van der Waals surface area (Å²) >= 11 is 0. The summed E-state index contributed by atoms with van der Waals surface area (Å²) < 4.78 is 0. The summed E-state index contributed by atoms with van der Waals surface area (Å²) in [6, 6.07) is 18.3. The normalized spacial score (nSPS) is 9.74. The van der Waals surface area contributed by atoms with Gasteiger partial charge in [-0.05, 0) is 24.3 Å². The molecule has 0 saturated heterocycles. The molecule has 0 bridgehead atoms. The second-order valence-electron chi connectivity index (χ2n) is 4.70. The van der Waals surface area contributed by atoms with Crippen LogP contribution in [0.2, 0.25) is 0 Å². The first-order valence-electron chi connectivity index (χ1n) is 6.81. The van der Waals surface area contributed by atoms with Gasteiger partial charge in [-0.1, -0.05) is 36.4 Å². The fourth-order valence-corrected chi connectivity index (χ4v) is 2.18. The van der Waals surface area contributed by atoms with Crippen LogP contribution in [-0.4, -0.2) is 46.0 Å². The number of hydrogen-bond acceptors (Lipinski definition) is 4. The SMILES string of the molecule is Oc1cccc2cccnc12.Oc1cccc2cccnc12.[In]. The molecule has 2 aromatic heterocycles. The van der Waals surface area contributed by atoms with E-state index >= 15 is 0 Å². The second-order valence-corrected chi connectivity index (χ2v) is 4.70. The van der Waals surface area contributed by atoms with Crippen LogP contribution in [0, 0.1) is 0 Å². The number of aromatic nitrogens is 2. The van der Waals surface area contributed by atoms with Crippen LogP contribution < -0.4 is 0 Å². The van der Waals surface area contributed by atoms with E-state index in [1.807, 2.05) is 36.4 Å². The van der Waals surface area contributed by atoms with Crippen LogP contribution >= 0.6 is 0 Å². The van der Waals surface area contributed by atoms with Crippen LogP contribution in [0.1, 0.15) is 0 Å². The van der Waals surface area contributed by atoms with Gasteiger partial charge in [-0.25, -0.2) is 0 Å². The summed E-state index contributed by atoms with van der Waals surface area (Å²) in [5.41, 5.74) is 1.32. The van der Waals surface area contributed by atoms with Crippen LogP contribution in [0.5, 0.6) is 11.5 Å². The predicted octanol–water partition coefficient (Wildman–Crippen LogP) is 3.50. The molecule has 4 rings (SSSR count). The molecule has 0 amide bonds. The molecule has 2 N–H and O–H groups in total. The Morgan fingerprint density at radius 3 is 1.35 bits per heavy atom. The Bertz CT molecular complexity index is 841. The molecule has 4 nitrogen and oxygen atoms in total. The van der Waals surface area contributed by atoms with Gasteiger partial charge in [0.2, 0.25) is 0 Å². The van der Waals surface area contributed by atoms with Crippen LogP contribution in [0.4, 0.5) is 0 Å². The number of nitrogens with zero attached hydrogens (tertiary/aromatic N) is 2. The van der Waals surface area contributed by atoms with E-state index in [4.69, 9.17) is 0 Å². The number of para-hydroxylation sites is 2. The maximum atomic E-state index is 9.31. The maximum Gasteiger partial charge on any atom is 0.141 e. The van der Waals surface area contributed by atoms with Gasteiger partial charge in [-0.15, -0.1) is 0 Å². The average Bonchev–Trinajstić information content (AvgIpc) is 2.57. The van der Waals surface area contributed by atoms with Crippen molar-refractivity contribution in [2.45, 2.75) is 0 Å². The molecule has 111 valence electrons. The van der Waals surface area contributed by atoms with Gasteiger partial charge in [0.1, 0.15) is 22.5 Å². The van der Waals surface area contributed by atoms with E-state index in [-0.39, 0.29) is 37.3 Å². The Labute approximate surface area is 152 Å². The van der Waals surface area contributed by atoms with E-state index in [1.54, 1.807) is 36.7 Å². The standard InChI is InChI=1S/2C9H7NO.In/c2*11-8-5-1-3-7-4-2-6-10-9(7)8;/h2*1-6,11H;. The third kappa shape index (κ3) is 3.93. The smallest absolute Gasteiger partial charge is 0.141 e. The Balaban J connectivity index is 0.000000160. The minimum Gasteiger partial charge on any atom is -0.506 e. The van der Waals surface area contributed by atoms with Gasteiger partial charge in [0.15, 0.2) is 0 Å². The van der Waals surface area contributed by atoms with E-state index in [1.165, 1.54) is 0 Å². The summed E-state index contributed by atoms with van der Waals surface area (Å²) in [6.45, 7) is 0. The Hall–Kier alpha value is -2.27. The van der Waals surface area contributed by atoms with Gasteiger partial charge in [0, 0.05) is 49.0 Å². The van der Waals surface area contributed by atoms with Gasteiger partial charge < -0.3 is 10.2 Å². The third-order valence-electron chi connectivity index (χ3n) is 3.22. The minimum atomic E-state index is 0. The zero-order chi connectivity index (χ0) is 15.4. The average molecular weight is 405 g/mol. The fourth-order valence-electron chi connectivity index (χ4n) is 2.18. The molecule has 0 aliphatic heterocycles. The van der Waals surface area contributed by atoms with Gasteiger partial charge in [-0.2, -0.15) is 0 Å². The van der Waals surface area contributed by atoms with Crippen molar-refractivity contribution in [3.8, 4) is 11.5 Å². The molecule has 0 unspecified atom stereocenters. The summed E-state index contributed by atoms with van der Waals surface area (Å²) in [5.74, 6) is 0.478. The first-order valence-corrected chi connectivity index (χ1v) is 6.81. The molecule has 0 fully saturated rings. The molecule has 4 aromatic rings. The number of fused-ring (bicyclic) bond motifs is 2. The van der Waals surface area contributed by atoms with Gasteiger partial charge >= 0.3 is 0 Å². The molecule has 0 spiro atoms. The molecule has 23 heavy (non-hydrogen) atoms. The summed E-state index contributed by atoms with van der Waals surface area (Å²) in [4.78, 5) is 8.06. The number of rotatable bonds is 0. The number of aromatic hydroxyl groups is 2. The molecule has 0 aliphatic rings. The van der Waals surface area contributed by atoms with E-state index in [9.17, 15) is 10.2 Å². The quantitative estimate of drug-likeness (QED) is 0.470. The summed E-state index contributed by atoms with van der Waals surface area (Å²) in [7, 11) is 0. The molecule has 2 aromatic carbocycles. The second kappa shape index (κ2) is 7.83. The fraction of sp³-hybridized carbons (Fsp3) is 0. The van der Waals surface area contributed by atoms with Crippen molar-refractivity contribution in [1.82, 2.24) is 9.97 Å². The Kier molecular flexibility index (Phi) is 5.82. The van der Waals surface area contributed by atoms with E-state index < -0.39 is 0 Å². The van der Waals surface area contributed by atoms with Crippen LogP contribution in [0.3, 0.4) is 0 Å². The first-order chi connectivity index (χ1) is 10.8. The zero-order valence-electron chi connectivity index (χ0n) is 12.3. The largest absolute Gasteiger partial charge is 0.506 e. The van der Waals surface area contributed by atoms with Gasteiger partial charge in [-0.3, -0.25) is 9.97 Å². The number of benzene rings is 2. The molecule has 0 atom stereocenters. The Morgan fingerprint density at radius 2 is 0.957 bits per heavy atom. The van der Waals surface area contributed by atoms with Crippen molar-refractivity contribution in [2.75, 3.05) is 0 Å². The van der Waals surface area contributed by atoms with Crippen LogP contribution in [-0.2, 0) is 0 Å². The summed E-state index contributed by atoms with van der Waals surface area (Å²) in [6.07, 6.45) is 3.34. The molecular weight excluding hydrogens is 391 g/mol. The number of hydrogen-bond donors (Lipinski definition) is 2.